The van der Waals surface area contributed by atoms with Gasteiger partial charge in [-0.05, 0) is 62.4 Å². The Morgan fingerprint density at radius 1 is 0.977 bits per heavy atom. The molecular weight excluding hydrogens is 549 g/mol. The van der Waals surface area contributed by atoms with Crippen LogP contribution in [-0.4, -0.2) is 89.3 Å². The number of hydrogen-bond acceptors (Lipinski definition) is 5. The van der Waals surface area contributed by atoms with E-state index >= 15 is 0 Å². The van der Waals surface area contributed by atoms with Crippen molar-refractivity contribution >= 4 is 23.6 Å². The first-order valence-electron chi connectivity index (χ1n) is 15.4. The molecule has 4 amide bonds. The average molecular weight is 592 g/mol. The van der Waals surface area contributed by atoms with E-state index in [9.17, 15) is 23.6 Å². The van der Waals surface area contributed by atoms with Gasteiger partial charge in [0.25, 0.3) is 0 Å². The number of benzene rings is 2. The van der Waals surface area contributed by atoms with Gasteiger partial charge in [0.05, 0.1) is 12.6 Å². The minimum atomic E-state index is -0.758. The van der Waals surface area contributed by atoms with Crippen LogP contribution in [0.1, 0.15) is 50.2 Å². The highest BCUT2D eigenvalue weighted by Crippen LogP contribution is 2.32. The van der Waals surface area contributed by atoms with Gasteiger partial charge in [0.1, 0.15) is 30.6 Å². The Morgan fingerprint density at radius 3 is 2.35 bits per heavy atom. The first-order chi connectivity index (χ1) is 20.8. The zero-order chi connectivity index (χ0) is 30.5. The van der Waals surface area contributed by atoms with Gasteiger partial charge in [-0.2, -0.15) is 0 Å². The molecule has 9 nitrogen and oxygen atoms in total. The number of halogens is 1. The smallest absolute Gasteiger partial charge is 0.247 e. The lowest BCUT2D eigenvalue weighted by molar-refractivity contribution is -0.156. The molecule has 4 atom stereocenters. The fourth-order valence-electron chi connectivity index (χ4n) is 6.64. The highest BCUT2D eigenvalue weighted by atomic mass is 19.1. The molecule has 2 heterocycles. The molecule has 2 aromatic rings. The highest BCUT2D eigenvalue weighted by Gasteiger charge is 2.52. The number of rotatable bonds is 10. The Labute approximate surface area is 252 Å². The molecule has 230 valence electrons. The first-order valence-corrected chi connectivity index (χ1v) is 15.4. The lowest BCUT2D eigenvalue weighted by Gasteiger charge is -2.45. The van der Waals surface area contributed by atoms with Crippen molar-refractivity contribution in [1.29, 1.82) is 0 Å². The molecule has 2 N–H and O–H groups in total. The number of amides is 4. The second-order valence-corrected chi connectivity index (χ2v) is 12.0. The number of likely N-dealkylation sites (N-methyl/N-ethyl adjacent to an activating group) is 1. The van der Waals surface area contributed by atoms with E-state index < -0.39 is 24.3 Å². The molecule has 3 aliphatic rings. The number of hydrogen-bond donors (Lipinski definition) is 2. The number of nitrogens with zero attached hydrogens (tertiary/aromatic N) is 3. The van der Waals surface area contributed by atoms with Crippen LogP contribution in [0.25, 0.3) is 0 Å². The van der Waals surface area contributed by atoms with E-state index in [0.29, 0.717) is 19.4 Å². The first kappa shape index (κ1) is 30.7. The molecule has 1 aliphatic carbocycles. The van der Waals surface area contributed by atoms with Gasteiger partial charge in [-0.1, -0.05) is 61.7 Å². The van der Waals surface area contributed by atoms with Crippen molar-refractivity contribution in [3.05, 3.63) is 71.5 Å². The van der Waals surface area contributed by atoms with Crippen LogP contribution in [0.4, 0.5) is 4.39 Å². The summed E-state index contributed by atoms with van der Waals surface area (Å²) in [6, 6.07) is 13.8. The van der Waals surface area contributed by atoms with Gasteiger partial charge in [0.15, 0.2) is 0 Å². The number of piperazine rings is 1. The summed E-state index contributed by atoms with van der Waals surface area (Å²) in [5.74, 6) is -1.28. The van der Waals surface area contributed by atoms with E-state index in [2.05, 4.69) is 10.6 Å². The summed E-state index contributed by atoms with van der Waals surface area (Å²) in [7, 11) is 1.70. The summed E-state index contributed by atoms with van der Waals surface area (Å²) in [6.07, 6.45) is 4.96. The van der Waals surface area contributed by atoms with E-state index in [-0.39, 0.29) is 48.5 Å². The molecular formula is C33H42FN5O4. The SMILES string of the molecule is CN[C@@H](C)C(=O)N[C@H](C(=O)N1CC(=O)N2[C@@H]1CN(CCc1ccc(F)cc1)C(=O)[C@@H]2Cc1ccccc1)C1CCCCC1. The molecule has 1 saturated carbocycles. The summed E-state index contributed by atoms with van der Waals surface area (Å²) in [5, 5.41) is 5.95. The Bertz CT molecular complexity index is 1300. The molecule has 0 radical (unpaired) electrons. The number of fused-ring (bicyclic) bond motifs is 1. The Morgan fingerprint density at radius 2 is 1.67 bits per heavy atom. The topological polar surface area (TPSA) is 102 Å². The molecule has 43 heavy (non-hydrogen) atoms. The normalized spacial score (nSPS) is 22.3. The van der Waals surface area contributed by atoms with Gasteiger partial charge < -0.3 is 25.3 Å². The monoisotopic (exact) mass is 591 g/mol. The van der Waals surface area contributed by atoms with Crippen LogP contribution in [0.5, 0.6) is 0 Å². The van der Waals surface area contributed by atoms with Crippen LogP contribution in [0.15, 0.2) is 54.6 Å². The standard InChI is InChI=1S/C33H42FN5O4/c1-22(35-2)31(41)36-30(25-11-7-4-8-12-25)33(43)38-21-29(40)39-27(19-24-9-5-3-6-10-24)32(42)37(20-28(38)39)18-17-23-13-15-26(34)16-14-23/h3,5-6,9-10,13-16,22,25,27-28,30,35H,4,7-8,11-12,17-21H2,1-2H3,(H,36,41)/t22-,27-,28+,30-/m0/s1. The molecule has 0 unspecified atom stereocenters. The predicted molar refractivity (Wildman–Crippen MR) is 160 cm³/mol. The van der Waals surface area contributed by atoms with Crippen molar-refractivity contribution in [3.8, 4) is 0 Å². The molecule has 2 aromatic carbocycles. The summed E-state index contributed by atoms with van der Waals surface area (Å²) >= 11 is 0. The van der Waals surface area contributed by atoms with Crippen molar-refractivity contribution in [1.82, 2.24) is 25.3 Å². The second kappa shape index (κ2) is 13.7. The Hall–Kier alpha value is -3.79. The minimum Gasteiger partial charge on any atom is -0.343 e. The molecule has 2 saturated heterocycles. The molecule has 5 rings (SSSR count). The van der Waals surface area contributed by atoms with Crippen molar-refractivity contribution in [2.75, 3.05) is 26.7 Å². The fourth-order valence-corrected chi connectivity index (χ4v) is 6.64. The van der Waals surface area contributed by atoms with Crippen molar-refractivity contribution in [2.45, 2.75) is 76.2 Å². The van der Waals surface area contributed by atoms with Gasteiger partial charge in [-0.25, -0.2) is 4.39 Å². The van der Waals surface area contributed by atoms with Gasteiger partial charge in [0.2, 0.25) is 23.6 Å². The molecule has 0 spiro atoms. The van der Waals surface area contributed by atoms with Crippen LogP contribution in [0.2, 0.25) is 0 Å². The van der Waals surface area contributed by atoms with E-state index in [1.165, 1.54) is 12.1 Å². The van der Waals surface area contributed by atoms with Crippen LogP contribution >= 0.6 is 0 Å². The van der Waals surface area contributed by atoms with Gasteiger partial charge in [-0.3, -0.25) is 19.2 Å². The summed E-state index contributed by atoms with van der Waals surface area (Å²) < 4.78 is 13.5. The summed E-state index contributed by atoms with van der Waals surface area (Å²) in [6.45, 7) is 2.17. The van der Waals surface area contributed by atoms with E-state index in [4.69, 9.17) is 0 Å². The van der Waals surface area contributed by atoms with E-state index in [1.54, 1.807) is 40.8 Å². The van der Waals surface area contributed by atoms with Gasteiger partial charge >= 0.3 is 0 Å². The maximum Gasteiger partial charge on any atom is 0.247 e. The average Bonchev–Trinajstić information content (AvgIpc) is 3.36. The maximum absolute atomic E-state index is 14.3. The fraction of sp³-hybridized carbons (Fsp3) is 0.515. The molecule has 2 aliphatic heterocycles. The largest absolute Gasteiger partial charge is 0.343 e. The predicted octanol–water partition coefficient (Wildman–Crippen LogP) is 2.49. The molecule has 0 aromatic heterocycles. The molecule has 0 bridgehead atoms. The van der Waals surface area contributed by atoms with E-state index in [0.717, 1.165) is 43.2 Å². The minimum absolute atomic E-state index is 0.0154. The van der Waals surface area contributed by atoms with Crippen molar-refractivity contribution in [3.63, 3.8) is 0 Å². The number of nitrogens with one attached hydrogen (secondary N) is 2. The van der Waals surface area contributed by atoms with Gasteiger partial charge in [-0.15, -0.1) is 0 Å². The third-order valence-electron chi connectivity index (χ3n) is 9.24. The van der Waals surface area contributed by atoms with Crippen LogP contribution < -0.4 is 10.6 Å². The lowest BCUT2D eigenvalue weighted by Crippen LogP contribution is -2.66. The zero-order valence-electron chi connectivity index (χ0n) is 25.0. The highest BCUT2D eigenvalue weighted by molar-refractivity contribution is 5.97. The van der Waals surface area contributed by atoms with Crippen LogP contribution in [-0.2, 0) is 32.0 Å². The van der Waals surface area contributed by atoms with Gasteiger partial charge in [0, 0.05) is 13.0 Å². The summed E-state index contributed by atoms with van der Waals surface area (Å²) in [4.78, 5) is 59.7. The zero-order valence-corrected chi connectivity index (χ0v) is 25.0. The summed E-state index contributed by atoms with van der Waals surface area (Å²) in [5.41, 5.74) is 1.82. The maximum atomic E-state index is 14.3. The van der Waals surface area contributed by atoms with Crippen molar-refractivity contribution in [2.24, 2.45) is 5.92 Å². The molecule has 3 fully saturated rings. The Kier molecular flexibility index (Phi) is 9.75. The van der Waals surface area contributed by atoms with Crippen LogP contribution in [0, 0.1) is 11.7 Å². The van der Waals surface area contributed by atoms with Crippen LogP contribution in [0.3, 0.4) is 0 Å². The van der Waals surface area contributed by atoms with Crippen molar-refractivity contribution < 1.29 is 23.6 Å². The van der Waals surface area contributed by atoms with E-state index in [1.807, 2.05) is 30.3 Å². The second-order valence-electron chi connectivity index (χ2n) is 12.0. The third-order valence-corrected chi connectivity index (χ3v) is 9.24. The molecule has 10 heteroatoms. The quantitative estimate of drug-likeness (QED) is 0.442. The number of carbonyl (C=O) groups is 4. The number of carbonyl (C=O) groups excluding carboxylic acids is 4. The third kappa shape index (κ3) is 6.90. The Balaban J connectivity index is 1.42. The lowest BCUT2D eigenvalue weighted by atomic mass is 9.83.